The molecule has 1 aromatic heterocycles. The minimum absolute atomic E-state index is 0.190. The number of amides is 2. The molecule has 0 aliphatic rings. The van der Waals surface area contributed by atoms with Gasteiger partial charge in [-0.2, -0.15) is 0 Å². The molecule has 0 saturated carbocycles. The van der Waals surface area contributed by atoms with Gasteiger partial charge in [0.2, 0.25) is 0 Å². The maximum Gasteiger partial charge on any atom is 0.291 e. The molecule has 2 N–H and O–H groups in total. The smallest absolute Gasteiger partial charge is 0.291 e. The van der Waals surface area contributed by atoms with Crippen molar-refractivity contribution in [3.8, 4) is 5.75 Å². The Bertz CT molecular complexity index is 1520. The van der Waals surface area contributed by atoms with Crippen molar-refractivity contribution in [1.82, 2.24) is 0 Å². The lowest BCUT2D eigenvalue weighted by molar-refractivity contribution is 0.0996. The summed E-state index contributed by atoms with van der Waals surface area (Å²) >= 11 is 6.27. The van der Waals surface area contributed by atoms with Gasteiger partial charge in [0.25, 0.3) is 11.8 Å². The summed E-state index contributed by atoms with van der Waals surface area (Å²) in [4.78, 5) is 25.7. The molecule has 0 unspecified atom stereocenters. The lowest BCUT2D eigenvalue weighted by Gasteiger charge is -2.13. The summed E-state index contributed by atoms with van der Waals surface area (Å²) in [5, 5.41) is 8.66. The number of ether oxygens (including phenoxy) is 1. The third-order valence-corrected chi connectivity index (χ3v) is 5.80. The van der Waals surface area contributed by atoms with E-state index in [0.29, 0.717) is 33.3 Å². The van der Waals surface area contributed by atoms with Crippen molar-refractivity contribution in [3.63, 3.8) is 0 Å². The van der Waals surface area contributed by atoms with Crippen molar-refractivity contribution in [1.29, 1.82) is 0 Å². The number of halogens is 1. The van der Waals surface area contributed by atoms with Crippen molar-refractivity contribution >= 4 is 56.5 Å². The van der Waals surface area contributed by atoms with Crippen LogP contribution in [0, 0.1) is 0 Å². The average molecular weight is 471 g/mol. The molecular formula is C27H19ClN2O4. The number of benzene rings is 4. The second kappa shape index (κ2) is 8.92. The van der Waals surface area contributed by atoms with E-state index in [4.69, 9.17) is 20.8 Å². The Morgan fingerprint density at radius 1 is 0.824 bits per heavy atom. The number of fused-ring (bicyclic) bond motifs is 2. The number of carbonyl (C=O) groups excluding carboxylic acids is 2. The predicted octanol–water partition coefficient (Wildman–Crippen LogP) is 6.75. The van der Waals surface area contributed by atoms with Gasteiger partial charge in [-0.3, -0.25) is 9.59 Å². The summed E-state index contributed by atoms with van der Waals surface area (Å²) in [6.45, 7) is 0. The van der Waals surface area contributed by atoms with Crippen molar-refractivity contribution in [2.45, 2.75) is 0 Å². The summed E-state index contributed by atoms with van der Waals surface area (Å²) < 4.78 is 11.1. The van der Waals surface area contributed by atoms with E-state index in [1.807, 2.05) is 36.4 Å². The first-order chi connectivity index (χ1) is 16.5. The van der Waals surface area contributed by atoms with E-state index in [9.17, 15) is 9.59 Å². The monoisotopic (exact) mass is 470 g/mol. The molecule has 0 aliphatic heterocycles. The van der Waals surface area contributed by atoms with Crippen molar-refractivity contribution < 1.29 is 18.7 Å². The largest absolute Gasteiger partial charge is 0.494 e. The third-order valence-electron chi connectivity index (χ3n) is 5.47. The third kappa shape index (κ3) is 4.07. The fraction of sp³-hybridized carbons (Fsp3) is 0.0370. The zero-order valence-electron chi connectivity index (χ0n) is 18.1. The van der Waals surface area contributed by atoms with Gasteiger partial charge in [0.1, 0.15) is 11.3 Å². The van der Waals surface area contributed by atoms with Crippen molar-refractivity contribution in [3.05, 3.63) is 101 Å². The Hall–Kier alpha value is -4.29. The van der Waals surface area contributed by atoms with E-state index >= 15 is 0 Å². The minimum Gasteiger partial charge on any atom is -0.494 e. The molecule has 2 amide bonds. The fourth-order valence-corrected chi connectivity index (χ4v) is 4.06. The van der Waals surface area contributed by atoms with Crippen molar-refractivity contribution in [2.75, 3.05) is 17.7 Å². The molecule has 0 saturated heterocycles. The van der Waals surface area contributed by atoms with Crippen LogP contribution in [0.1, 0.15) is 20.9 Å². The first kappa shape index (κ1) is 21.6. The van der Waals surface area contributed by atoms with E-state index in [0.717, 1.165) is 16.2 Å². The minimum atomic E-state index is -0.404. The highest BCUT2D eigenvalue weighted by atomic mass is 35.5. The second-order valence-electron chi connectivity index (χ2n) is 7.61. The van der Waals surface area contributed by atoms with Gasteiger partial charge >= 0.3 is 0 Å². The Morgan fingerprint density at radius 3 is 2.44 bits per heavy atom. The molecule has 0 radical (unpaired) electrons. The van der Waals surface area contributed by atoms with Gasteiger partial charge in [-0.15, -0.1) is 0 Å². The van der Waals surface area contributed by atoms with Crippen LogP contribution in [0.3, 0.4) is 0 Å². The van der Waals surface area contributed by atoms with Gasteiger partial charge in [0, 0.05) is 33.1 Å². The fourth-order valence-electron chi connectivity index (χ4n) is 3.82. The normalized spacial score (nSPS) is 10.9. The van der Waals surface area contributed by atoms with E-state index in [-0.39, 0.29) is 11.7 Å². The van der Waals surface area contributed by atoms with Crippen LogP contribution >= 0.6 is 11.6 Å². The molecule has 0 bridgehead atoms. The Balaban J connectivity index is 1.37. The number of anilines is 2. The summed E-state index contributed by atoms with van der Waals surface area (Å²) in [7, 11) is 1.49. The number of para-hydroxylation sites is 1. The van der Waals surface area contributed by atoms with Crippen LogP contribution in [-0.2, 0) is 0 Å². The average Bonchev–Trinajstić information content (AvgIpc) is 3.29. The SMILES string of the molecule is COc1cc(NC(=O)c2cccc3c(Cl)cccc23)ccc1NC(=O)c1cc2ccccc2o1. The van der Waals surface area contributed by atoms with Gasteiger partial charge in [-0.1, -0.05) is 54.1 Å². The zero-order valence-corrected chi connectivity index (χ0v) is 18.8. The molecule has 6 nitrogen and oxygen atoms in total. The number of nitrogens with one attached hydrogen (secondary N) is 2. The maximum absolute atomic E-state index is 13.0. The highest BCUT2D eigenvalue weighted by molar-refractivity contribution is 6.36. The molecule has 7 heteroatoms. The van der Waals surface area contributed by atoms with E-state index in [1.165, 1.54) is 7.11 Å². The first-order valence-corrected chi connectivity index (χ1v) is 10.9. The van der Waals surface area contributed by atoms with Crippen LogP contribution in [0.4, 0.5) is 11.4 Å². The summed E-state index contributed by atoms with van der Waals surface area (Å²) in [6, 6.07) is 24.9. The number of methoxy groups -OCH3 is 1. The Kier molecular flexibility index (Phi) is 5.65. The standard InChI is InChI=1S/C27H19ClN2O4/c1-33-24-15-17(29-26(31)20-9-4-8-19-18(20)7-5-10-21(19)28)12-13-22(24)30-27(32)25-14-16-6-2-3-11-23(16)34-25/h2-15H,1H3,(H,29,31)(H,30,32). The quantitative estimate of drug-likeness (QED) is 0.297. The second-order valence-corrected chi connectivity index (χ2v) is 8.02. The van der Waals surface area contributed by atoms with E-state index in [1.54, 1.807) is 48.5 Å². The van der Waals surface area contributed by atoms with Crippen LogP contribution in [0.5, 0.6) is 5.75 Å². The molecule has 34 heavy (non-hydrogen) atoms. The summed E-state index contributed by atoms with van der Waals surface area (Å²) in [6.07, 6.45) is 0. The number of hydrogen-bond acceptors (Lipinski definition) is 4. The number of hydrogen-bond donors (Lipinski definition) is 2. The molecular weight excluding hydrogens is 452 g/mol. The molecule has 168 valence electrons. The predicted molar refractivity (Wildman–Crippen MR) is 134 cm³/mol. The van der Waals surface area contributed by atoms with Gasteiger partial charge in [-0.05, 0) is 41.8 Å². The van der Waals surface area contributed by atoms with Crippen molar-refractivity contribution in [2.24, 2.45) is 0 Å². The molecule has 0 atom stereocenters. The topological polar surface area (TPSA) is 80.6 Å². The molecule has 5 aromatic rings. The van der Waals surface area contributed by atoms with Gasteiger partial charge in [0.15, 0.2) is 5.76 Å². The van der Waals surface area contributed by atoms with Gasteiger partial charge in [0.05, 0.1) is 12.8 Å². The number of carbonyl (C=O) groups is 2. The highest BCUT2D eigenvalue weighted by Crippen LogP contribution is 2.31. The lowest BCUT2D eigenvalue weighted by Crippen LogP contribution is -2.14. The van der Waals surface area contributed by atoms with Crippen LogP contribution in [0.25, 0.3) is 21.7 Å². The van der Waals surface area contributed by atoms with Gasteiger partial charge < -0.3 is 19.8 Å². The lowest BCUT2D eigenvalue weighted by atomic mass is 10.0. The number of furan rings is 1. The number of rotatable bonds is 5. The molecule has 0 spiro atoms. The van der Waals surface area contributed by atoms with Gasteiger partial charge in [-0.25, -0.2) is 0 Å². The molecule has 1 heterocycles. The van der Waals surface area contributed by atoms with Crippen LogP contribution in [0.2, 0.25) is 5.02 Å². The summed E-state index contributed by atoms with van der Waals surface area (Å²) in [5.41, 5.74) is 2.10. The van der Waals surface area contributed by atoms with E-state index in [2.05, 4.69) is 10.6 Å². The zero-order chi connectivity index (χ0) is 23.7. The molecule has 4 aromatic carbocycles. The highest BCUT2D eigenvalue weighted by Gasteiger charge is 2.16. The van der Waals surface area contributed by atoms with Crippen LogP contribution in [0.15, 0.2) is 89.3 Å². The Labute approximate surface area is 200 Å². The van der Waals surface area contributed by atoms with Crippen LogP contribution < -0.4 is 15.4 Å². The Morgan fingerprint density at radius 2 is 1.62 bits per heavy atom. The summed E-state index contributed by atoms with van der Waals surface area (Å²) in [5.74, 6) is -0.105. The van der Waals surface area contributed by atoms with Crippen LogP contribution in [-0.4, -0.2) is 18.9 Å². The maximum atomic E-state index is 13.0. The van der Waals surface area contributed by atoms with E-state index < -0.39 is 5.91 Å². The molecule has 0 aliphatic carbocycles. The molecule has 5 rings (SSSR count). The molecule has 0 fully saturated rings. The first-order valence-electron chi connectivity index (χ1n) is 10.5.